The van der Waals surface area contributed by atoms with Gasteiger partial charge in [-0.15, -0.1) is 0 Å². The van der Waals surface area contributed by atoms with Gasteiger partial charge >= 0.3 is 0 Å². The molecule has 0 radical (unpaired) electrons. The minimum atomic E-state index is 0.746. The molecule has 5 nitrogen and oxygen atoms in total. The van der Waals surface area contributed by atoms with Crippen LogP contribution in [0.4, 0.5) is 0 Å². The lowest BCUT2D eigenvalue weighted by molar-refractivity contribution is 0.199. The second-order valence-corrected chi connectivity index (χ2v) is 5.17. The van der Waals surface area contributed by atoms with E-state index in [1.807, 2.05) is 6.33 Å². The van der Waals surface area contributed by atoms with Crippen molar-refractivity contribution in [3.8, 4) is 0 Å². The van der Waals surface area contributed by atoms with E-state index in [0.717, 1.165) is 38.5 Å². The highest BCUT2D eigenvalue weighted by molar-refractivity contribution is 4.96. The van der Waals surface area contributed by atoms with Crippen molar-refractivity contribution < 1.29 is 4.74 Å². The summed E-state index contributed by atoms with van der Waals surface area (Å²) >= 11 is 0. The van der Waals surface area contributed by atoms with Crippen molar-refractivity contribution in [1.82, 2.24) is 19.8 Å². The SMILES string of the molecule is COCCNCc1cn(CCN2CCCCC2)cn1. The van der Waals surface area contributed by atoms with E-state index < -0.39 is 0 Å². The molecule has 2 rings (SSSR count). The third kappa shape index (κ3) is 5.30. The average molecular weight is 266 g/mol. The van der Waals surface area contributed by atoms with E-state index in [9.17, 15) is 0 Å². The Bertz CT molecular complexity index is 347. The third-order valence-corrected chi connectivity index (χ3v) is 3.60. The number of imidazole rings is 1. The number of aromatic nitrogens is 2. The smallest absolute Gasteiger partial charge is 0.0950 e. The third-order valence-electron chi connectivity index (χ3n) is 3.60. The molecule has 1 N–H and O–H groups in total. The minimum absolute atomic E-state index is 0.746. The minimum Gasteiger partial charge on any atom is -0.383 e. The zero-order chi connectivity index (χ0) is 13.3. The first-order valence-electron chi connectivity index (χ1n) is 7.31. The Morgan fingerprint density at radius 3 is 2.89 bits per heavy atom. The molecule has 1 aliphatic heterocycles. The van der Waals surface area contributed by atoms with E-state index in [1.165, 1.54) is 32.4 Å². The fraction of sp³-hybridized carbons (Fsp3) is 0.786. The van der Waals surface area contributed by atoms with Crippen LogP contribution in [0.5, 0.6) is 0 Å². The number of ether oxygens (including phenoxy) is 1. The Labute approximate surface area is 116 Å². The van der Waals surface area contributed by atoms with Gasteiger partial charge in [0.15, 0.2) is 0 Å². The molecule has 0 aliphatic carbocycles. The summed E-state index contributed by atoms with van der Waals surface area (Å²) in [6, 6.07) is 0. The lowest BCUT2D eigenvalue weighted by Gasteiger charge is -2.26. The molecule has 5 heteroatoms. The van der Waals surface area contributed by atoms with Crippen LogP contribution in [0.25, 0.3) is 0 Å². The van der Waals surface area contributed by atoms with Crippen molar-refractivity contribution in [2.75, 3.05) is 39.9 Å². The van der Waals surface area contributed by atoms with Gasteiger partial charge in [-0.05, 0) is 25.9 Å². The lowest BCUT2D eigenvalue weighted by atomic mass is 10.1. The summed E-state index contributed by atoms with van der Waals surface area (Å²) in [5, 5.41) is 3.31. The molecule has 0 spiro atoms. The van der Waals surface area contributed by atoms with Crippen molar-refractivity contribution in [2.24, 2.45) is 0 Å². The van der Waals surface area contributed by atoms with Crippen molar-refractivity contribution >= 4 is 0 Å². The van der Waals surface area contributed by atoms with Gasteiger partial charge in [0, 0.05) is 39.5 Å². The molecule has 0 bridgehead atoms. The number of likely N-dealkylation sites (tertiary alicyclic amines) is 1. The van der Waals surface area contributed by atoms with Crippen LogP contribution in [0.15, 0.2) is 12.5 Å². The van der Waals surface area contributed by atoms with Gasteiger partial charge in [0.05, 0.1) is 18.6 Å². The average Bonchev–Trinajstić information content (AvgIpc) is 2.91. The highest BCUT2D eigenvalue weighted by Gasteiger charge is 2.09. The van der Waals surface area contributed by atoms with Crippen LogP contribution in [-0.4, -0.2) is 54.3 Å². The maximum atomic E-state index is 5.00. The predicted molar refractivity (Wildman–Crippen MR) is 76.1 cm³/mol. The summed E-state index contributed by atoms with van der Waals surface area (Å²) in [4.78, 5) is 6.97. The molecule has 108 valence electrons. The van der Waals surface area contributed by atoms with Crippen LogP contribution in [0.3, 0.4) is 0 Å². The van der Waals surface area contributed by atoms with E-state index in [0.29, 0.717) is 0 Å². The van der Waals surface area contributed by atoms with E-state index in [2.05, 4.69) is 26.0 Å². The van der Waals surface area contributed by atoms with Gasteiger partial charge in [-0.3, -0.25) is 0 Å². The van der Waals surface area contributed by atoms with Gasteiger partial charge in [-0.1, -0.05) is 6.42 Å². The summed E-state index contributed by atoms with van der Waals surface area (Å²) in [5.74, 6) is 0. The molecular formula is C14H26N4O. The summed E-state index contributed by atoms with van der Waals surface area (Å²) < 4.78 is 7.19. The Morgan fingerprint density at radius 2 is 2.11 bits per heavy atom. The topological polar surface area (TPSA) is 42.3 Å². The molecule has 0 amide bonds. The summed E-state index contributed by atoms with van der Waals surface area (Å²) in [6.45, 7) is 7.16. The van der Waals surface area contributed by atoms with Crippen LogP contribution in [0.1, 0.15) is 25.0 Å². The highest BCUT2D eigenvalue weighted by Crippen LogP contribution is 2.08. The van der Waals surface area contributed by atoms with Crippen LogP contribution < -0.4 is 5.32 Å². The van der Waals surface area contributed by atoms with E-state index in [1.54, 1.807) is 7.11 Å². The van der Waals surface area contributed by atoms with Crippen LogP contribution in [0.2, 0.25) is 0 Å². The molecule has 2 heterocycles. The first-order chi connectivity index (χ1) is 9.38. The molecule has 1 aliphatic rings. The summed E-state index contributed by atoms with van der Waals surface area (Å²) in [6.07, 6.45) is 8.21. The van der Waals surface area contributed by atoms with Crippen molar-refractivity contribution in [1.29, 1.82) is 0 Å². The Morgan fingerprint density at radius 1 is 1.26 bits per heavy atom. The molecule has 0 unspecified atom stereocenters. The first kappa shape index (κ1) is 14.5. The number of piperidine rings is 1. The zero-order valence-electron chi connectivity index (χ0n) is 12.0. The van der Waals surface area contributed by atoms with E-state index in [-0.39, 0.29) is 0 Å². The van der Waals surface area contributed by atoms with Gasteiger partial charge < -0.3 is 19.5 Å². The lowest BCUT2D eigenvalue weighted by Crippen LogP contribution is -2.32. The first-order valence-corrected chi connectivity index (χ1v) is 7.31. The van der Waals surface area contributed by atoms with Gasteiger partial charge in [-0.25, -0.2) is 4.98 Å². The standard InChI is InChI=1S/C14H26N4O/c1-19-10-5-15-11-14-12-18(13-16-14)9-8-17-6-3-2-4-7-17/h12-13,15H,2-11H2,1H3. The Balaban J connectivity index is 1.65. The van der Waals surface area contributed by atoms with Gasteiger partial charge in [0.1, 0.15) is 0 Å². The largest absolute Gasteiger partial charge is 0.383 e. The van der Waals surface area contributed by atoms with Crippen molar-refractivity contribution in [3.05, 3.63) is 18.2 Å². The number of hydrogen-bond acceptors (Lipinski definition) is 4. The molecular weight excluding hydrogens is 240 g/mol. The highest BCUT2D eigenvalue weighted by atomic mass is 16.5. The molecule has 1 aromatic rings. The molecule has 0 saturated carbocycles. The number of rotatable bonds is 8. The van der Waals surface area contributed by atoms with Gasteiger partial charge in [0.25, 0.3) is 0 Å². The van der Waals surface area contributed by atoms with Crippen LogP contribution in [0, 0.1) is 0 Å². The molecule has 1 fully saturated rings. The van der Waals surface area contributed by atoms with Crippen molar-refractivity contribution in [3.63, 3.8) is 0 Å². The maximum Gasteiger partial charge on any atom is 0.0950 e. The second-order valence-electron chi connectivity index (χ2n) is 5.17. The van der Waals surface area contributed by atoms with Gasteiger partial charge in [0.2, 0.25) is 0 Å². The van der Waals surface area contributed by atoms with E-state index >= 15 is 0 Å². The van der Waals surface area contributed by atoms with Crippen LogP contribution >= 0.6 is 0 Å². The predicted octanol–water partition coefficient (Wildman–Crippen LogP) is 1.10. The fourth-order valence-corrected chi connectivity index (χ4v) is 2.45. The normalized spacial score (nSPS) is 16.9. The van der Waals surface area contributed by atoms with Gasteiger partial charge in [-0.2, -0.15) is 0 Å². The summed E-state index contributed by atoms with van der Waals surface area (Å²) in [7, 11) is 1.72. The Kier molecular flexibility index (Phi) is 6.33. The number of methoxy groups -OCH3 is 1. The maximum absolute atomic E-state index is 5.00. The summed E-state index contributed by atoms with van der Waals surface area (Å²) in [5.41, 5.74) is 1.11. The van der Waals surface area contributed by atoms with E-state index in [4.69, 9.17) is 4.74 Å². The monoisotopic (exact) mass is 266 g/mol. The quantitative estimate of drug-likeness (QED) is 0.716. The molecule has 0 aromatic carbocycles. The zero-order valence-corrected chi connectivity index (χ0v) is 12.0. The molecule has 1 saturated heterocycles. The Hall–Kier alpha value is -0.910. The molecule has 19 heavy (non-hydrogen) atoms. The molecule has 1 aromatic heterocycles. The van der Waals surface area contributed by atoms with Crippen molar-refractivity contribution in [2.45, 2.75) is 32.4 Å². The number of nitrogens with zero attached hydrogens (tertiary/aromatic N) is 3. The van der Waals surface area contributed by atoms with Crippen LogP contribution in [-0.2, 0) is 17.8 Å². The fourth-order valence-electron chi connectivity index (χ4n) is 2.45. The molecule has 0 atom stereocenters. The number of nitrogens with one attached hydrogen (secondary N) is 1. The number of hydrogen-bond donors (Lipinski definition) is 1. The second kappa shape index (κ2) is 8.30.